The second-order valence-electron chi connectivity index (χ2n) is 7.40. The van der Waals surface area contributed by atoms with E-state index in [0.717, 1.165) is 12.2 Å². The smallest absolute Gasteiger partial charge is 0.271 e. The second-order valence-corrected chi connectivity index (χ2v) is 7.40. The van der Waals surface area contributed by atoms with Crippen LogP contribution < -0.4 is 10.2 Å². The van der Waals surface area contributed by atoms with E-state index in [-0.39, 0.29) is 5.91 Å². The summed E-state index contributed by atoms with van der Waals surface area (Å²) >= 11 is 0. The number of ether oxygens (including phenoxy) is 1. The van der Waals surface area contributed by atoms with Crippen LogP contribution in [0.1, 0.15) is 63.9 Å². The van der Waals surface area contributed by atoms with Gasteiger partial charge < -0.3 is 4.74 Å². The maximum absolute atomic E-state index is 12.3. The Morgan fingerprint density at radius 2 is 1.63 bits per heavy atom. The van der Waals surface area contributed by atoms with E-state index in [0.29, 0.717) is 5.56 Å². The van der Waals surface area contributed by atoms with E-state index >= 15 is 0 Å². The van der Waals surface area contributed by atoms with E-state index in [9.17, 15) is 4.79 Å². The first-order chi connectivity index (χ1) is 13.3. The zero-order valence-corrected chi connectivity index (χ0v) is 15.9. The quantitative estimate of drug-likeness (QED) is 0.654. The van der Waals surface area contributed by atoms with Crippen LogP contribution in [0, 0.1) is 0 Å². The van der Waals surface area contributed by atoms with Crippen molar-refractivity contribution in [3.05, 3.63) is 63.7 Å². The molecule has 2 aromatic carbocycles. The first kappa shape index (κ1) is 17.8. The van der Waals surface area contributed by atoms with Crippen LogP contribution in [0.4, 0.5) is 0 Å². The van der Waals surface area contributed by atoms with Gasteiger partial charge in [-0.2, -0.15) is 5.10 Å². The topological polar surface area (TPSA) is 50.7 Å². The Labute approximate surface area is 160 Å². The number of fused-ring (bicyclic) bond motifs is 3. The van der Waals surface area contributed by atoms with Gasteiger partial charge in [-0.1, -0.05) is 0 Å². The summed E-state index contributed by atoms with van der Waals surface area (Å²) in [7, 11) is 1.61. The molecule has 0 bridgehead atoms. The van der Waals surface area contributed by atoms with Gasteiger partial charge in [0, 0.05) is 5.56 Å². The lowest BCUT2D eigenvalue weighted by Crippen LogP contribution is -2.18. The van der Waals surface area contributed by atoms with Crippen molar-refractivity contribution >= 4 is 12.1 Å². The molecule has 0 saturated heterocycles. The molecule has 140 valence electrons. The summed E-state index contributed by atoms with van der Waals surface area (Å²) in [6.07, 6.45) is 11.7. The van der Waals surface area contributed by atoms with Gasteiger partial charge in [-0.15, -0.1) is 0 Å². The van der Waals surface area contributed by atoms with E-state index in [1.54, 1.807) is 42.5 Å². The monoisotopic (exact) mass is 362 g/mol. The van der Waals surface area contributed by atoms with Gasteiger partial charge in [-0.3, -0.25) is 4.79 Å². The Morgan fingerprint density at radius 1 is 0.963 bits per heavy atom. The van der Waals surface area contributed by atoms with Crippen LogP contribution >= 0.6 is 0 Å². The Kier molecular flexibility index (Phi) is 5.23. The number of aryl methyl sites for hydroxylation is 1. The Hall–Kier alpha value is -2.62. The third kappa shape index (κ3) is 3.75. The molecule has 0 atom stereocenters. The number of carbonyl (C=O) groups excluding carboxylic acids is 1. The van der Waals surface area contributed by atoms with Gasteiger partial charge in [-0.05, 0) is 110 Å². The summed E-state index contributed by atoms with van der Waals surface area (Å²) in [5.74, 6) is 0.525. The van der Waals surface area contributed by atoms with Crippen LogP contribution in [-0.2, 0) is 25.7 Å². The van der Waals surface area contributed by atoms with Crippen molar-refractivity contribution in [2.45, 2.75) is 51.4 Å². The lowest BCUT2D eigenvalue weighted by molar-refractivity contribution is 0.0955. The molecular weight excluding hydrogens is 336 g/mol. The van der Waals surface area contributed by atoms with Gasteiger partial charge in [0.2, 0.25) is 0 Å². The van der Waals surface area contributed by atoms with Crippen LogP contribution in [0.15, 0.2) is 35.4 Å². The number of hydrogen-bond acceptors (Lipinski definition) is 3. The van der Waals surface area contributed by atoms with Crippen molar-refractivity contribution in [2.75, 3.05) is 7.11 Å². The van der Waals surface area contributed by atoms with Crippen LogP contribution in [0.3, 0.4) is 0 Å². The highest BCUT2D eigenvalue weighted by atomic mass is 16.5. The van der Waals surface area contributed by atoms with Crippen LogP contribution in [0.25, 0.3) is 0 Å². The number of methoxy groups -OCH3 is 1. The van der Waals surface area contributed by atoms with Gasteiger partial charge in [0.05, 0.1) is 13.3 Å². The van der Waals surface area contributed by atoms with E-state index in [4.69, 9.17) is 4.74 Å². The highest BCUT2D eigenvalue weighted by Gasteiger charge is 2.21. The second kappa shape index (κ2) is 7.95. The van der Waals surface area contributed by atoms with Crippen molar-refractivity contribution in [3.63, 3.8) is 0 Å². The summed E-state index contributed by atoms with van der Waals surface area (Å²) in [4.78, 5) is 12.3. The van der Waals surface area contributed by atoms with Gasteiger partial charge in [0.15, 0.2) is 0 Å². The fraction of sp³-hybridized carbons (Fsp3) is 0.391. The molecule has 0 unspecified atom stereocenters. The van der Waals surface area contributed by atoms with Gasteiger partial charge >= 0.3 is 0 Å². The summed E-state index contributed by atoms with van der Waals surface area (Å²) < 4.78 is 5.12. The van der Waals surface area contributed by atoms with Gasteiger partial charge in [-0.25, -0.2) is 5.43 Å². The first-order valence-electron chi connectivity index (χ1n) is 9.90. The molecule has 1 amide bonds. The maximum Gasteiger partial charge on any atom is 0.271 e. The Morgan fingerprint density at radius 3 is 2.37 bits per heavy atom. The molecule has 27 heavy (non-hydrogen) atoms. The standard InChI is InChI=1S/C23H26N2O2/c1-27-19-12-10-16(11-13-19)23(26)25-24-15-18-14-17-6-2-3-7-20(17)22-9-5-4-8-21(18)22/h10-15H,2-9H2,1H3,(H,25,26)/b24-15-. The number of rotatable bonds is 4. The third-order valence-electron chi connectivity index (χ3n) is 5.74. The molecule has 0 spiro atoms. The normalized spacial score (nSPS) is 15.9. The minimum Gasteiger partial charge on any atom is -0.497 e. The molecule has 4 nitrogen and oxygen atoms in total. The lowest BCUT2D eigenvalue weighted by Gasteiger charge is -2.27. The first-order valence-corrected chi connectivity index (χ1v) is 9.90. The Balaban J connectivity index is 1.54. The molecule has 0 aliphatic heterocycles. The van der Waals surface area contributed by atoms with Crippen molar-refractivity contribution < 1.29 is 9.53 Å². The minimum atomic E-state index is -0.208. The molecule has 0 fully saturated rings. The lowest BCUT2D eigenvalue weighted by atomic mass is 9.78. The van der Waals surface area contributed by atoms with Gasteiger partial charge in [0.25, 0.3) is 5.91 Å². The Bertz CT molecular complexity index is 869. The van der Waals surface area contributed by atoms with Crippen molar-refractivity contribution in [1.82, 2.24) is 5.43 Å². The van der Waals surface area contributed by atoms with Crippen LogP contribution in [-0.4, -0.2) is 19.2 Å². The predicted octanol–water partition coefficient (Wildman–Crippen LogP) is 4.22. The average molecular weight is 362 g/mol. The van der Waals surface area contributed by atoms with Crippen LogP contribution in [0.2, 0.25) is 0 Å². The molecule has 2 aromatic rings. The van der Waals surface area contributed by atoms with Crippen molar-refractivity contribution in [2.24, 2.45) is 5.10 Å². The number of amides is 1. The average Bonchev–Trinajstić information content (AvgIpc) is 2.74. The summed E-state index contributed by atoms with van der Waals surface area (Å²) in [6, 6.07) is 9.34. The zero-order chi connectivity index (χ0) is 18.6. The highest BCUT2D eigenvalue weighted by molar-refractivity contribution is 5.95. The molecule has 0 radical (unpaired) electrons. The van der Waals surface area contributed by atoms with Crippen LogP contribution in [0.5, 0.6) is 5.75 Å². The molecule has 2 aliphatic carbocycles. The predicted molar refractivity (Wildman–Crippen MR) is 108 cm³/mol. The highest BCUT2D eigenvalue weighted by Crippen LogP contribution is 2.33. The van der Waals surface area contributed by atoms with E-state index in [2.05, 4.69) is 16.6 Å². The van der Waals surface area contributed by atoms with E-state index < -0.39 is 0 Å². The molecule has 4 rings (SSSR count). The van der Waals surface area contributed by atoms with Crippen molar-refractivity contribution in [1.29, 1.82) is 0 Å². The SMILES string of the molecule is COc1ccc(C(=O)N/N=C\c2cc3c(c4c2CCCC4)CCCC3)cc1. The summed E-state index contributed by atoms with van der Waals surface area (Å²) in [6.45, 7) is 0. The number of hydrogen-bond donors (Lipinski definition) is 1. The van der Waals surface area contributed by atoms with E-state index in [1.807, 2.05) is 6.21 Å². The molecule has 0 saturated carbocycles. The fourth-order valence-corrected chi connectivity index (χ4v) is 4.35. The fourth-order valence-electron chi connectivity index (χ4n) is 4.35. The number of nitrogens with one attached hydrogen (secondary N) is 1. The minimum absolute atomic E-state index is 0.208. The molecule has 2 aliphatic rings. The number of benzene rings is 2. The van der Waals surface area contributed by atoms with Gasteiger partial charge in [0.1, 0.15) is 5.75 Å². The number of hydrazone groups is 1. The molecule has 0 heterocycles. The summed E-state index contributed by atoms with van der Waals surface area (Å²) in [5, 5.41) is 4.26. The van der Waals surface area contributed by atoms with E-state index in [1.165, 1.54) is 61.6 Å². The largest absolute Gasteiger partial charge is 0.497 e. The maximum atomic E-state index is 12.3. The molecule has 4 heteroatoms. The molecule has 0 aromatic heterocycles. The third-order valence-corrected chi connectivity index (χ3v) is 5.74. The molecule has 1 N–H and O–H groups in total. The summed E-state index contributed by atoms with van der Waals surface area (Å²) in [5.41, 5.74) is 10.5. The zero-order valence-electron chi connectivity index (χ0n) is 15.9. The number of nitrogens with zero attached hydrogens (tertiary/aromatic N) is 1. The molecular formula is C23H26N2O2. The number of carbonyl (C=O) groups is 1. The van der Waals surface area contributed by atoms with Crippen molar-refractivity contribution in [3.8, 4) is 5.75 Å².